The maximum Gasteiger partial charge on any atom is 0.278 e. The van der Waals surface area contributed by atoms with Crippen LogP contribution >= 0.6 is 11.3 Å². The number of nitrogens with one attached hydrogen (secondary N) is 1. The second-order valence-electron chi connectivity index (χ2n) is 3.07. The maximum atomic E-state index is 11.7. The van der Waals surface area contributed by atoms with Gasteiger partial charge in [-0.3, -0.25) is 9.48 Å². The van der Waals surface area contributed by atoms with Gasteiger partial charge in [-0.15, -0.1) is 0 Å². The standard InChI is InChI=1S/C9H10N4OS/c1-13-4-7(10)8(12-13)9(14)11-6-2-3-15-5-6/h2-5H,10H2,1H3,(H,11,14). The van der Waals surface area contributed by atoms with Crippen LogP contribution < -0.4 is 11.1 Å². The van der Waals surface area contributed by atoms with Crippen LogP contribution in [0.25, 0.3) is 0 Å². The molecule has 0 radical (unpaired) electrons. The van der Waals surface area contributed by atoms with Gasteiger partial charge in [-0.25, -0.2) is 0 Å². The van der Waals surface area contributed by atoms with Gasteiger partial charge in [0.15, 0.2) is 5.69 Å². The molecule has 0 atom stereocenters. The first-order chi connectivity index (χ1) is 7.16. The van der Waals surface area contributed by atoms with Crippen molar-refractivity contribution in [1.82, 2.24) is 9.78 Å². The molecule has 0 unspecified atom stereocenters. The Balaban J connectivity index is 2.18. The van der Waals surface area contributed by atoms with E-state index in [-0.39, 0.29) is 11.6 Å². The lowest BCUT2D eigenvalue weighted by molar-refractivity contribution is 0.102. The Labute approximate surface area is 90.5 Å². The topological polar surface area (TPSA) is 72.9 Å². The van der Waals surface area contributed by atoms with Crippen molar-refractivity contribution in [3.05, 3.63) is 28.7 Å². The SMILES string of the molecule is Cn1cc(N)c(C(=O)Nc2ccsc2)n1. The summed E-state index contributed by atoms with van der Waals surface area (Å²) in [6.07, 6.45) is 1.60. The minimum atomic E-state index is -0.286. The van der Waals surface area contributed by atoms with Gasteiger partial charge in [-0.05, 0) is 11.4 Å². The summed E-state index contributed by atoms with van der Waals surface area (Å²) in [5, 5.41) is 10.4. The number of aryl methyl sites for hydroxylation is 1. The Hall–Kier alpha value is -1.82. The van der Waals surface area contributed by atoms with E-state index < -0.39 is 0 Å². The molecule has 2 aromatic heterocycles. The van der Waals surface area contributed by atoms with Gasteiger partial charge < -0.3 is 11.1 Å². The van der Waals surface area contributed by atoms with Gasteiger partial charge in [0.2, 0.25) is 0 Å². The lowest BCUT2D eigenvalue weighted by Crippen LogP contribution is -2.14. The molecule has 1 amide bonds. The van der Waals surface area contributed by atoms with Crippen molar-refractivity contribution in [3.8, 4) is 0 Å². The van der Waals surface area contributed by atoms with Gasteiger partial charge in [0.1, 0.15) is 0 Å². The summed E-state index contributed by atoms with van der Waals surface area (Å²) in [6, 6.07) is 1.82. The second kappa shape index (κ2) is 3.74. The van der Waals surface area contributed by atoms with Gasteiger partial charge in [0.05, 0.1) is 11.4 Å². The van der Waals surface area contributed by atoms with Crippen LogP contribution in [-0.2, 0) is 7.05 Å². The highest BCUT2D eigenvalue weighted by molar-refractivity contribution is 7.08. The smallest absolute Gasteiger partial charge is 0.278 e. The number of thiophene rings is 1. The summed E-state index contributed by atoms with van der Waals surface area (Å²) >= 11 is 1.51. The molecule has 0 aliphatic heterocycles. The number of aromatic nitrogens is 2. The van der Waals surface area contributed by atoms with Crippen LogP contribution in [0.4, 0.5) is 11.4 Å². The molecule has 0 fully saturated rings. The lowest BCUT2D eigenvalue weighted by atomic mass is 10.3. The number of anilines is 2. The Morgan fingerprint density at radius 2 is 2.47 bits per heavy atom. The highest BCUT2D eigenvalue weighted by Crippen LogP contribution is 2.15. The largest absolute Gasteiger partial charge is 0.396 e. The quantitative estimate of drug-likeness (QED) is 0.804. The predicted molar refractivity (Wildman–Crippen MR) is 59.9 cm³/mol. The molecule has 0 aromatic carbocycles. The van der Waals surface area contributed by atoms with Crippen molar-refractivity contribution in [2.24, 2.45) is 7.05 Å². The number of hydrogen-bond acceptors (Lipinski definition) is 4. The van der Waals surface area contributed by atoms with E-state index in [0.717, 1.165) is 5.69 Å². The Bertz CT molecular complexity index is 474. The molecule has 0 saturated heterocycles. The number of carbonyl (C=O) groups is 1. The van der Waals surface area contributed by atoms with Crippen molar-refractivity contribution >= 4 is 28.6 Å². The minimum Gasteiger partial charge on any atom is -0.396 e. The zero-order chi connectivity index (χ0) is 10.8. The summed E-state index contributed by atoms with van der Waals surface area (Å²) in [5.41, 5.74) is 7.02. The fraction of sp³-hybridized carbons (Fsp3) is 0.111. The van der Waals surface area contributed by atoms with Gasteiger partial charge in [-0.1, -0.05) is 0 Å². The van der Waals surface area contributed by atoms with Crippen LogP contribution in [-0.4, -0.2) is 15.7 Å². The van der Waals surface area contributed by atoms with Crippen LogP contribution in [0.15, 0.2) is 23.0 Å². The van der Waals surface area contributed by atoms with Gasteiger partial charge in [0, 0.05) is 18.6 Å². The lowest BCUT2D eigenvalue weighted by Gasteiger charge is -1.99. The first-order valence-electron chi connectivity index (χ1n) is 4.29. The van der Waals surface area contributed by atoms with E-state index in [2.05, 4.69) is 10.4 Å². The molecular formula is C9H10N4OS. The van der Waals surface area contributed by atoms with E-state index in [1.165, 1.54) is 16.0 Å². The number of hydrogen-bond donors (Lipinski definition) is 2. The molecule has 0 bridgehead atoms. The van der Waals surface area contributed by atoms with Crippen molar-refractivity contribution in [2.45, 2.75) is 0 Å². The molecule has 0 aliphatic carbocycles. The molecule has 3 N–H and O–H groups in total. The third kappa shape index (κ3) is 1.99. The summed E-state index contributed by atoms with van der Waals surface area (Å²) in [6.45, 7) is 0. The van der Waals surface area contributed by atoms with E-state index in [1.807, 2.05) is 16.8 Å². The van der Waals surface area contributed by atoms with E-state index in [1.54, 1.807) is 13.2 Å². The predicted octanol–water partition coefficient (Wildman–Crippen LogP) is 1.32. The molecule has 0 saturated carbocycles. The Morgan fingerprint density at radius 1 is 1.67 bits per heavy atom. The first-order valence-corrected chi connectivity index (χ1v) is 5.24. The van der Waals surface area contributed by atoms with Crippen molar-refractivity contribution < 1.29 is 4.79 Å². The van der Waals surface area contributed by atoms with Gasteiger partial charge in [-0.2, -0.15) is 16.4 Å². The van der Waals surface area contributed by atoms with Crippen LogP contribution in [0.5, 0.6) is 0 Å². The van der Waals surface area contributed by atoms with Crippen molar-refractivity contribution in [1.29, 1.82) is 0 Å². The first kappa shape index (κ1) is 9.72. The number of nitrogens with two attached hydrogens (primary N) is 1. The number of carbonyl (C=O) groups excluding carboxylic acids is 1. The molecule has 2 rings (SSSR count). The third-order valence-corrected chi connectivity index (χ3v) is 2.53. The fourth-order valence-electron chi connectivity index (χ4n) is 1.21. The highest BCUT2D eigenvalue weighted by Gasteiger charge is 2.13. The van der Waals surface area contributed by atoms with E-state index in [0.29, 0.717) is 5.69 Å². The summed E-state index contributed by atoms with van der Waals surface area (Å²) in [7, 11) is 1.72. The molecule has 0 spiro atoms. The average molecular weight is 222 g/mol. The molecule has 6 heteroatoms. The molecular weight excluding hydrogens is 212 g/mol. The molecule has 78 valence electrons. The molecule has 2 aromatic rings. The molecule has 0 aliphatic rings. The fourth-order valence-corrected chi connectivity index (χ4v) is 1.80. The number of amides is 1. The summed E-state index contributed by atoms with van der Waals surface area (Å²) in [4.78, 5) is 11.7. The van der Waals surface area contributed by atoms with Gasteiger partial charge >= 0.3 is 0 Å². The Morgan fingerprint density at radius 3 is 3.00 bits per heavy atom. The minimum absolute atomic E-state index is 0.253. The van der Waals surface area contributed by atoms with E-state index in [9.17, 15) is 4.79 Å². The average Bonchev–Trinajstić information content (AvgIpc) is 2.75. The summed E-state index contributed by atoms with van der Waals surface area (Å²) < 4.78 is 1.51. The molecule has 15 heavy (non-hydrogen) atoms. The molecule has 2 heterocycles. The van der Waals surface area contributed by atoms with Crippen LogP contribution in [0.2, 0.25) is 0 Å². The number of nitrogens with zero attached hydrogens (tertiary/aromatic N) is 2. The normalized spacial score (nSPS) is 10.2. The number of nitrogen functional groups attached to an aromatic ring is 1. The van der Waals surface area contributed by atoms with Crippen LogP contribution in [0.1, 0.15) is 10.5 Å². The van der Waals surface area contributed by atoms with Gasteiger partial charge in [0.25, 0.3) is 5.91 Å². The van der Waals surface area contributed by atoms with Crippen molar-refractivity contribution in [3.63, 3.8) is 0 Å². The maximum absolute atomic E-state index is 11.7. The highest BCUT2D eigenvalue weighted by atomic mass is 32.1. The molecule has 5 nitrogen and oxygen atoms in total. The zero-order valence-electron chi connectivity index (χ0n) is 8.10. The number of rotatable bonds is 2. The summed E-state index contributed by atoms with van der Waals surface area (Å²) in [5.74, 6) is -0.286. The van der Waals surface area contributed by atoms with Crippen LogP contribution in [0, 0.1) is 0 Å². The van der Waals surface area contributed by atoms with E-state index in [4.69, 9.17) is 5.73 Å². The zero-order valence-corrected chi connectivity index (χ0v) is 8.91. The Kier molecular flexibility index (Phi) is 2.42. The van der Waals surface area contributed by atoms with Crippen LogP contribution in [0.3, 0.4) is 0 Å². The van der Waals surface area contributed by atoms with Crippen molar-refractivity contribution in [2.75, 3.05) is 11.1 Å². The van der Waals surface area contributed by atoms with E-state index >= 15 is 0 Å². The monoisotopic (exact) mass is 222 g/mol. The second-order valence-corrected chi connectivity index (χ2v) is 3.85. The third-order valence-electron chi connectivity index (χ3n) is 1.85.